The van der Waals surface area contributed by atoms with E-state index in [9.17, 15) is 4.79 Å². The molecule has 0 spiro atoms. The Morgan fingerprint density at radius 2 is 1.43 bits per heavy atom. The number of hydrogen-bond acceptors (Lipinski definition) is 4. The first-order chi connectivity index (χ1) is 11.3. The van der Waals surface area contributed by atoms with Crippen molar-refractivity contribution in [1.29, 1.82) is 0 Å². The minimum atomic E-state index is 0.160. The summed E-state index contributed by atoms with van der Waals surface area (Å²) in [4.78, 5) is 17.3. The average molecular weight is 322 g/mol. The van der Waals surface area contributed by atoms with Gasteiger partial charge in [0.1, 0.15) is 0 Å². The number of para-hydroxylation sites is 1. The lowest BCUT2D eigenvalue weighted by atomic mass is 10.2. The highest BCUT2D eigenvalue weighted by atomic mass is 32.1. The van der Waals surface area contributed by atoms with Crippen LogP contribution in [0.5, 0.6) is 0 Å². The summed E-state index contributed by atoms with van der Waals surface area (Å²) in [6, 6.07) is 18.3. The molecular formula is C19H18N2OS. The number of hydrogen-bond donors (Lipinski definition) is 0. The van der Waals surface area contributed by atoms with Crippen molar-refractivity contribution < 1.29 is 0 Å². The van der Waals surface area contributed by atoms with Gasteiger partial charge in [0.25, 0.3) is 0 Å². The van der Waals surface area contributed by atoms with Crippen molar-refractivity contribution >= 4 is 32.8 Å². The van der Waals surface area contributed by atoms with Crippen LogP contribution >= 0.6 is 11.3 Å². The maximum Gasteiger partial charge on any atom is 0.211 e. The van der Waals surface area contributed by atoms with Crippen LogP contribution in [-0.4, -0.2) is 26.2 Å². The van der Waals surface area contributed by atoms with Crippen LogP contribution in [0.15, 0.2) is 64.8 Å². The standard InChI is InChI=1S/C19H18N2OS/c22-19-16-8-4-5-9-18(16)23-14-17(19)21-12-10-20(11-13-21)15-6-2-1-3-7-15/h1-9,14H,10-13H2. The molecule has 23 heavy (non-hydrogen) atoms. The minimum absolute atomic E-state index is 0.160. The maximum absolute atomic E-state index is 12.7. The van der Waals surface area contributed by atoms with Crippen LogP contribution in [0.25, 0.3) is 10.1 Å². The first-order valence-electron chi connectivity index (χ1n) is 7.88. The van der Waals surface area contributed by atoms with E-state index in [-0.39, 0.29) is 5.43 Å². The molecule has 2 heterocycles. The van der Waals surface area contributed by atoms with Gasteiger partial charge in [-0.05, 0) is 24.3 Å². The molecule has 4 rings (SSSR count). The molecule has 0 unspecified atom stereocenters. The molecule has 1 aromatic heterocycles. The lowest BCUT2D eigenvalue weighted by molar-refractivity contribution is 0.653. The summed E-state index contributed by atoms with van der Waals surface area (Å²) in [7, 11) is 0. The normalized spacial score (nSPS) is 15.1. The predicted molar refractivity (Wildman–Crippen MR) is 99.0 cm³/mol. The molecule has 0 amide bonds. The van der Waals surface area contributed by atoms with Crippen molar-refractivity contribution in [2.24, 2.45) is 0 Å². The summed E-state index contributed by atoms with van der Waals surface area (Å²) in [5.41, 5.74) is 2.27. The number of nitrogens with zero attached hydrogens (tertiary/aromatic N) is 2. The first-order valence-corrected chi connectivity index (χ1v) is 8.76. The molecule has 1 aliphatic heterocycles. The van der Waals surface area contributed by atoms with Gasteiger partial charge in [0.15, 0.2) is 0 Å². The monoisotopic (exact) mass is 322 g/mol. The van der Waals surface area contributed by atoms with E-state index < -0.39 is 0 Å². The summed E-state index contributed by atoms with van der Waals surface area (Å²) in [6.07, 6.45) is 0. The highest BCUT2D eigenvalue weighted by molar-refractivity contribution is 7.16. The SMILES string of the molecule is O=c1c(N2CCN(c3ccccc3)CC2)csc2ccccc12. The highest BCUT2D eigenvalue weighted by Crippen LogP contribution is 2.23. The van der Waals surface area contributed by atoms with Gasteiger partial charge in [-0.15, -0.1) is 11.3 Å². The zero-order chi connectivity index (χ0) is 15.6. The van der Waals surface area contributed by atoms with Gasteiger partial charge in [0, 0.05) is 47.3 Å². The Morgan fingerprint density at radius 1 is 0.783 bits per heavy atom. The topological polar surface area (TPSA) is 23.6 Å². The number of anilines is 2. The molecule has 0 saturated carbocycles. The van der Waals surface area contributed by atoms with Crippen molar-refractivity contribution in [2.75, 3.05) is 36.0 Å². The quantitative estimate of drug-likeness (QED) is 0.720. The molecule has 3 aromatic rings. The number of piperazine rings is 1. The third kappa shape index (κ3) is 2.70. The molecule has 3 nitrogen and oxygen atoms in total. The van der Waals surface area contributed by atoms with Gasteiger partial charge < -0.3 is 9.80 Å². The third-order valence-electron chi connectivity index (χ3n) is 4.40. The summed E-state index contributed by atoms with van der Waals surface area (Å²) in [6.45, 7) is 3.66. The van der Waals surface area contributed by atoms with Crippen LogP contribution in [0.1, 0.15) is 0 Å². The van der Waals surface area contributed by atoms with E-state index in [2.05, 4.69) is 34.1 Å². The summed E-state index contributed by atoms with van der Waals surface area (Å²) in [5.74, 6) is 0. The van der Waals surface area contributed by atoms with Gasteiger partial charge in [-0.1, -0.05) is 30.3 Å². The Labute approximate surface area is 139 Å². The number of benzene rings is 2. The number of rotatable bonds is 2. The van der Waals surface area contributed by atoms with Crippen LogP contribution in [0.2, 0.25) is 0 Å². The van der Waals surface area contributed by atoms with E-state index in [0.717, 1.165) is 42.0 Å². The van der Waals surface area contributed by atoms with Gasteiger partial charge in [0.05, 0.1) is 5.69 Å². The molecule has 0 N–H and O–H groups in total. The molecular weight excluding hydrogens is 304 g/mol. The second-order valence-electron chi connectivity index (χ2n) is 5.76. The highest BCUT2D eigenvalue weighted by Gasteiger charge is 2.20. The molecule has 2 aromatic carbocycles. The molecule has 4 heteroatoms. The van der Waals surface area contributed by atoms with Gasteiger partial charge in [-0.3, -0.25) is 4.79 Å². The molecule has 0 radical (unpaired) electrons. The Bertz CT molecular complexity index is 867. The van der Waals surface area contributed by atoms with Gasteiger partial charge in [-0.25, -0.2) is 0 Å². The van der Waals surface area contributed by atoms with E-state index in [0.29, 0.717) is 0 Å². The lowest BCUT2D eigenvalue weighted by Crippen LogP contribution is -2.47. The van der Waals surface area contributed by atoms with E-state index >= 15 is 0 Å². The average Bonchev–Trinajstić information content (AvgIpc) is 2.63. The van der Waals surface area contributed by atoms with Gasteiger partial charge in [-0.2, -0.15) is 0 Å². The Balaban J connectivity index is 1.57. The smallest absolute Gasteiger partial charge is 0.211 e. The number of fused-ring (bicyclic) bond motifs is 1. The predicted octanol–water partition coefficient (Wildman–Crippen LogP) is 3.59. The molecule has 0 aliphatic carbocycles. The fraction of sp³-hybridized carbons (Fsp3) is 0.211. The second kappa shape index (κ2) is 6.05. The van der Waals surface area contributed by atoms with Crippen LogP contribution < -0.4 is 15.2 Å². The van der Waals surface area contributed by atoms with Gasteiger partial charge in [0.2, 0.25) is 5.43 Å². The van der Waals surface area contributed by atoms with Crippen LogP contribution in [0.4, 0.5) is 11.4 Å². The fourth-order valence-electron chi connectivity index (χ4n) is 3.13. The van der Waals surface area contributed by atoms with Crippen LogP contribution in [0, 0.1) is 0 Å². The molecule has 1 saturated heterocycles. The van der Waals surface area contributed by atoms with Crippen molar-refractivity contribution in [2.45, 2.75) is 0 Å². The van der Waals surface area contributed by atoms with Gasteiger partial charge >= 0.3 is 0 Å². The molecule has 0 atom stereocenters. The molecule has 1 fully saturated rings. The van der Waals surface area contributed by atoms with Crippen LogP contribution in [0.3, 0.4) is 0 Å². The molecule has 116 valence electrons. The molecule has 0 bridgehead atoms. The maximum atomic E-state index is 12.7. The first kappa shape index (κ1) is 14.3. The third-order valence-corrected chi connectivity index (χ3v) is 5.35. The fourth-order valence-corrected chi connectivity index (χ4v) is 4.07. The molecule has 1 aliphatic rings. The minimum Gasteiger partial charge on any atom is -0.368 e. The Hall–Kier alpha value is -2.33. The Kier molecular flexibility index (Phi) is 3.75. The van der Waals surface area contributed by atoms with E-state index in [1.807, 2.05) is 35.7 Å². The van der Waals surface area contributed by atoms with Crippen molar-refractivity contribution in [3.8, 4) is 0 Å². The largest absolute Gasteiger partial charge is 0.368 e. The second-order valence-corrected chi connectivity index (χ2v) is 6.67. The van der Waals surface area contributed by atoms with Crippen molar-refractivity contribution in [3.05, 3.63) is 70.2 Å². The Morgan fingerprint density at radius 3 is 2.22 bits per heavy atom. The summed E-state index contributed by atoms with van der Waals surface area (Å²) >= 11 is 1.65. The van der Waals surface area contributed by atoms with E-state index in [1.54, 1.807) is 11.3 Å². The van der Waals surface area contributed by atoms with E-state index in [1.165, 1.54) is 5.69 Å². The van der Waals surface area contributed by atoms with E-state index in [4.69, 9.17) is 0 Å². The summed E-state index contributed by atoms with van der Waals surface area (Å²) in [5, 5.41) is 2.85. The lowest BCUT2D eigenvalue weighted by Gasteiger charge is -2.37. The zero-order valence-electron chi connectivity index (χ0n) is 12.8. The van der Waals surface area contributed by atoms with Crippen molar-refractivity contribution in [3.63, 3.8) is 0 Å². The summed E-state index contributed by atoms with van der Waals surface area (Å²) < 4.78 is 1.06. The zero-order valence-corrected chi connectivity index (χ0v) is 13.6. The van der Waals surface area contributed by atoms with Crippen molar-refractivity contribution in [1.82, 2.24) is 0 Å². The van der Waals surface area contributed by atoms with Crippen LogP contribution in [-0.2, 0) is 0 Å².